The lowest BCUT2D eigenvalue weighted by Gasteiger charge is -2.14. The second-order valence-corrected chi connectivity index (χ2v) is 4.23. The average molecular weight is 222 g/mol. The van der Waals surface area contributed by atoms with E-state index < -0.39 is 0 Å². The minimum atomic E-state index is 0.284. The van der Waals surface area contributed by atoms with Crippen molar-refractivity contribution in [2.45, 2.75) is 33.2 Å². The number of nitrogens with zero attached hydrogens (tertiary/aromatic N) is 1. The number of aliphatic hydroxyl groups excluding tert-OH is 1. The van der Waals surface area contributed by atoms with Crippen molar-refractivity contribution in [3.8, 4) is 0 Å². The number of rotatable bonds is 7. The molecule has 0 bridgehead atoms. The molecule has 0 radical (unpaired) electrons. The zero-order valence-corrected chi connectivity index (χ0v) is 10.2. The van der Waals surface area contributed by atoms with Gasteiger partial charge in [0.05, 0.1) is 0 Å². The maximum Gasteiger partial charge on any atom is 0.0434 e. The highest BCUT2D eigenvalue weighted by molar-refractivity contribution is 5.12. The van der Waals surface area contributed by atoms with Crippen molar-refractivity contribution in [2.24, 2.45) is 5.92 Å². The van der Waals surface area contributed by atoms with Gasteiger partial charge in [-0.3, -0.25) is 4.98 Å². The highest BCUT2D eigenvalue weighted by Crippen LogP contribution is 2.06. The third-order valence-electron chi connectivity index (χ3n) is 2.85. The Labute approximate surface area is 97.9 Å². The number of hydrogen-bond acceptors (Lipinski definition) is 3. The summed E-state index contributed by atoms with van der Waals surface area (Å²) in [4.78, 5) is 4.25. The average Bonchev–Trinajstić information content (AvgIpc) is 2.30. The molecular formula is C13H22N2O. The van der Waals surface area contributed by atoms with Crippen LogP contribution in [-0.2, 0) is 6.54 Å². The van der Waals surface area contributed by atoms with E-state index in [0.717, 1.165) is 31.6 Å². The summed E-state index contributed by atoms with van der Waals surface area (Å²) in [7, 11) is 0. The number of aromatic nitrogens is 1. The van der Waals surface area contributed by atoms with Gasteiger partial charge in [-0.2, -0.15) is 0 Å². The van der Waals surface area contributed by atoms with Crippen LogP contribution in [0, 0.1) is 12.8 Å². The Hall–Kier alpha value is -0.930. The molecule has 0 aliphatic carbocycles. The predicted octanol–water partition coefficient (Wildman–Crippen LogP) is 1.89. The first kappa shape index (κ1) is 13.1. The topological polar surface area (TPSA) is 45.1 Å². The first-order valence-electron chi connectivity index (χ1n) is 5.99. The van der Waals surface area contributed by atoms with Crippen molar-refractivity contribution in [3.63, 3.8) is 0 Å². The molecule has 2 N–H and O–H groups in total. The van der Waals surface area contributed by atoms with Gasteiger partial charge in [0.15, 0.2) is 0 Å². The molecule has 1 aromatic heterocycles. The maximum absolute atomic E-state index is 8.88. The van der Waals surface area contributed by atoms with E-state index in [1.165, 1.54) is 5.56 Å². The van der Waals surface area contributed by atoms with Crippen LogP contribution >= 0.6 is 0 Å². The van der Waals surface area contributed by atoms with Gasteiger partial charge in [0.1, 0.15) is 0 Å². The SMILES string of the molecule is CCC(CCO)CNCc1ccc(C)nc1. The molecule has 0 amide bonds. The lowest BCUT2D eigenvalue weighted by molar-refractivity contribution is 0.251. The lowest BCUT2D eigenvalue weighted by atomic mass is 10.0. The van der Waals surface area contributed by atoms with Crippen LogP contribution < -0.4 is 5.32 Å². The molecular weight excluding hydrogens is 200 g/mol. The molecule has 0 spiro atoms. The van der Waals surface area contributed by atoms with Crippen molar-refractivity contribution < 1.29 is 5.11 Å². The molecule has 0 aliphatic heterocycles. The number of pyridine rings is 1. The summed E-state index contributed by atoms with van der Waals surface area (Å²) in [6, 6.07) is 4.13. The number of aliphatic hydroxyl groups is 1. The Bertz CT molecular complexity index is 284. The Morgan fingerprint density at radius 2 is 2.25 bits per heavy atom. The molecule has 1 heterocycles. The van der Waals surface area contributed by atoms with E-state index in [9.17, 15) is 0 Å². The molecule has 0 saturated carbocycles. The fourth-order valence-electron chi connectivity index (χ4n) is 1.66. The van der Waals surface area contributed by atoms with Gasteiger partial charge in [0, 0.05) is 25.0 Å². The van der Waals surface area contributed by atoms with Crippen LogP contribution in [0.5, 0.6) is 0 Å². The van der Waals surface area contributed by atoms with Crippen LogP contribution in [0.4, 0.5) is 0 Å². The van der Waals surface area contributed by atoms with Gasteiger partial charge in [0.2, 0.25) is 0 Å². The third kappa shape index (κ3) is 4.73. The lowest BCUT2D eigenvalue weighted by Crippen LogP contribution is -2.23. The highest BCUT2D eigenvalue weighted by atomic mass is 16.3. The van der Waals surface area contributed by atoms with Gasteiger partial charge in [0.25, 0.3) is 0 Å². The van der Waals surface area contributed by atoms with E-state index in [1.807, 2.05) is 19.2 Å². The van der Waals surface area contributed by atoms with E-state index >= 15 is 0 Å². The summed E-state index contributed by atoms with van der Waals surface area (Å²) < 4.78 is 0. The molecule has 16 heavy (non-hydrogen) atoms. The van der Waals surface area contributed by atoms with Gasteiger partial charge in [-0.1, -0.05) is 19.4 Å². The normalized spacial score (nSPS) is 12.7. The van der Waals surface area contributed by atoms with Crippen LogP contribution in [-0.4, -0.2) is 23.2 Å². The van der Waals surface area contributed by atoms with Crippen LogP contribution in [0.1, 0.15) is 31.0 Å². The van der Waals surface area contributed by atoms with Crippen molar-refractivity contribution >= 4 is 0 Å². The maximum atomic E-state index is 8.88. The highest BCUT2D eigenvalue weighted by Gasteiger charge is 2.04. The molecule has 3 nitrogen and oxygen atoms in total. The van der Waals surface area contributed by atoms with Crippen LogP contribution in [0.3, 0.4) is 0 Å². The van der Waals surface area contributed by atoms with E-state index in [2.05, 4.69) is 23.3 Å². The van der Waals surface area contributed by atoms with Crippen LogP contribution in [0.2, 0.25) is 0 Å². The first-order chi connectivity index (χ1) is 7.76. The summed E-state index contributed by atoms with van der Waals surface area (Å²) in [6.07, 6.45) is 3.91. The second kappa shape index (κ2) is 7.36. The minimum absolute atomic E-state index is 0.284. The smallest absolute Gasteiger partial charge is 0.0434 e. The molecule has 0 saturated heterocycles. The zero-order valence-electron chi connectivity index (χ0n) is 10.2. The molecule has 90 valence electrons. The minimum Gasteiger partial charge on any atom is -0.396 e. The monoisotopic (exact) mass is 222 g/mol. The summed E-state index contributed by atoms with van der Waals surface area (Å²) in [5.74, 6) is 0.573. The van der Waals surface area contributed by atoms with Gasteiger partial charge in [-0.25, -0.2) is 0 Å². The fourth-order valence-corrected chi connectivity index (χ4v) is 1.66. The Balaban J connectivity index is 2.26. The molecule has 0 aromatic carbocycles. The molecule has 1 atom stereocenters. The first-order valence-corrected chi connectivity index (χ1v) is 5.99. The Morgan fingerprint density at radius 1 is 1.44 bits per heavy atom. The standard InChI is InChI=1S/C13H22N2O/c1-3-12(6-7-16)8-14-9-13-5-4-11(2)15-10-13/h4-5,10,12,14,16H,3,6-9H2,1-2H3. The van der Waals surface area contributed by atoms with Crippen LogP contribution in [0.25, 0.3) is 0 Å². The van der Waals surface area contributed by atoms with Gasteiger partial charge >= 0.3 is 0 Å². The van der Waals surface area contributed by atoms with Crippen molar-refractivity contribution in [2.75, 3.05) is 13.2 Å². The molecule has 3 heteroatoms. The van der Waals surface area contributed by atoms with E-state index in [-0.39, 0.29) is 6.61 Å². The molecule has 1 aromatic rings. The number of hydrogen-bond donors (Lipinski definition) is 2. The van der Waals surface area contributed by atoms with Crippen molar-refractivity contribution in [1.82, 2.24) is 10.3 Å². The largest absolute Gasteiger partial charge is 0.396 e. The van der Waals surface area contributed by atoms with E-state index in [1.54, 1.807) is 0 Å². The molecule has 1 unspecified atom stereocenters. The van der Waals surface area contributed by atoms with Gasteiger partial charge < -0.3 is 10.4 Å². The molecule has 1 rings (SSSR count). The summed E-state index contributed by atoms with van der Waals surface area (Å²) in [6.45, 7) is 6.26. The third-order valence-corrected chi connectivity index (χ3v) is 2.85. The second-order valence-electron chi connectivity index (χ2n) is 4.23. The van der Waals surface area contributed by atoms with E-state index in [0.29, 0.717) is 5.92 Å². The van der Waals surface area contributed by atoms with Crippen molar-refractivity contribution in [1.29, 1.82) is 0 Å². The van der Waals surface area contributed by atoms with Gasteiger partial charge in [-0.05, 0) is 37.4 Å². The predicted molar refractivity (Wildman–Crippen MR) is 66.2 cm³/mol. The number of nitrogens with one attached hydrogen (secondary N) is 1. The van der Waals surface area contributed by atoms with Gasteiger partial charge in [-0.15, -0.1) is 0 Å². The quantitative estimate of drug-likeness (QED) is 0.740. The Kier molecular flexibility index (Phi) is 6.04. The molecule has 0 aliphatic rings. The van der Waals surface area contributed by atoms with Crippen LogP contribution in [0.15, 0.2) is 18.3 Å². The Morgan fingerprint density at radius 3 is 2.81 bits per heavy atom. The summed E-state index contributed by atoms with van der Waals surface area (Å²) >= 11 is 0. The number of aryl methyl sites for hydroxylation is 1. The van der Waals surface area contributed by atoms with Crippen molar-refractivity contribution in [3.05, 3.63) is 29.6 Å². The zero-order chi connectivity index (χ0) is 11.8. The summed E-state index contributed by atoms with van der Waals surface area (Å²) in [5.41, 5.74) is 2.26. The fraction of sp³-hybridized carbons (Fsp3) is 0.615. The molecule has 0 fully saturated rings. The van der Waals surface area contributed by atoms with E-state index in [4.69, 9.17) is 5.11 Å². The summed E-state index contributed by atoms with van der Waals surface area (Å²) in [5, 5.41) is 12.3.